The number of methoxy groups -OCH3 is 1. The van der Waals surface area contributed by atoms with Gasteiger partial charge in [-0.3, -0.25) is 9.69 Å². The van der Waals surface area contributed by atoms with Crippen molar-refractivity contribution in [2.24, 2.45) is 0 Å². The number of aryl methyl sites for hydroxylation is 1. The summed E-state index contributed by atoms with van der Waals surface area (Å²) in [6.07, 6.45) is 2.77. The van der Waals surface area contributed by atoms with Crippen LogP contribution < -0.4 is 10.1 Å². The van der Waals surface area contributed by atoms with Crippen LogP contribution in [0.4, 0.5) is 0 Å². The van der Waals surface area contributed by atoms with Gasteiger partial charge >= 0.3 is 0 Å². The van der Waals surface area contributed by atoms with Gasteiger partial charge in [-0.25, -0.2) is 9.97 Å². The molecule has 1 atom stereocenters. The third-order valence-electron chi connectivity index (χ3n) is 4.78. The van der Waals surface area contributed by atoms with Gasteiger partial charge in [-0.2, -0.15) is 0 Å². The van der Waals surface area contributed by atoms with Crippen LogP contribution in [0.5, 0.6) is 5.75 Å². The molecule has 8 nitrogen and oxygen atoms in total. The molecule has 0 amide bonds. The number of rotatable bonds is 5. The van der Waals surface area contributed by atoms with Crippen molar-refractivity contribution in [3.05, 3.63) is 42.2 Å². The lowest BCUT2D eigenvalue weighted by molar-refractivity contribution is 0.0660. The minimum absolute atomic E-state index is 0.0675. The molecule has 2 N–H and O–H groups in total. The number of aromatic amines is 1. The summed E-state index contributed by atoms with van der Waals surface area (Å²) in [5.41, 5.74) is 1.72. The third-order valence-corrected chi connectivity index (χ3v) is 4.78. The predicted octanol–water partition coefficient (Wildman–Crippen LogP) is 1.36. The lowest BCUT2D eigenvalue weighted by Crippen LogP contribution is -2.49. The first-order valence-corrected chi connectivity index (χ1v) is 8.70. The monoisotopic (exact) mass is 354 g/mol. The van der Waals surface area contributed by atoms with E-state index in [2.05, 4.69) is 25.2 Å². The van der Waals surface area contributed by atoms with Gasteiger partial charge in [-0.1, -0.05) is 0 Å². The van der Waals surface area contributed by atoms with Crippen molar-refractivity contribution in [3.63, 3.8) is 0 Å². The zero-order valence-electron chi connectivity index (χ0n) is 14.9. The van der Waals surface area contributed by atoms with Gasteiger partial charge in [-0.15, -0.1) is 0 Å². The van der Waals surface area contributed by atoms with E-state index in [1.165, 1.54) is 0 Å². The summed E-state index contributed by atoms with van der Waals surface area (Å²) in [7, 11) is 1.64. The molecule has 2 aromatic heterocycles. The van der Waals surface area contributed by atoms with E-state index in [4.69, 9.17) is 4.74 Å². The Labute approximate surface area is 151 Å². The number of Topliss-reactive ketones (excluding diaryl/α,β-unsaturated/α-hetero) is 1. The van der Waals surface area contributed by atoms with Gasteiger partial charge in [0.1, 0.15) is 11.6 Å². The van der Waals surface area contributed by atoms with Crippen LogP contribution in [0, 0.1) is 6.92 Å². The van der Waals surface area contributed by atoms with Crippen molar-refractivity contribution in [1.82, 2.24) is 29.7 Å². The third kappa shape index (κ3) is 2.87. The Bertz CT molecular complexity index is 911. The topological polar surface area (TPSA) is 88.1 Å². The van der Waals surface area contributed by atoms with E-state index in [9.17, 15) is 4.79 Å². The Morgan fingerprint density at radius 2 is 2.12 bits per heavy atom. The summed E-state index contributed by atoms with van der Waals surface area (Å²) in [5, 5.41) is 3.34. The number of H-pyrrole nitrogens is 1. The highest BCUT2D eigenvalue weighted by Gasteiger charge is 2.33. The highest BCUT2D eigenvalue weighted by Crippen LogP contribution is 2.28. The number of hydrogen-bond acceptors (Lipinski definition) is 6. The van der Waals surface area contributed by atoms with E-state index in [0.717, 1.165) is 48.8 Å². The van der Waals surface area contributed by atoms with E-state index in [0.29, 0.717) is 5.82 Å². The van der Waals surface area contributed by atoms with Crippen molar-refractivity contribution in [3.8, 4) is 5.75 Å². The number of piperazine rings is 1. The summed E-state index contributed by atoms with van der Waals surface area (Å²) in [6.45, 7) is 5.17. The van der Waals surface area contributed by atoms with Crippen LogP contribution in [-0.2, 0) is 0 Å². The molecule has 0 bridgehead atoms. The fraction of sp³-hybridized carbons (Fsp3) is 0.389. The van der Waals surface area contributed by atoms with Crippen LogP contribution in [0.25, 0.3) is 11.0 Å². The number of aromatic nitrogens is 4. The number of hydrogen-bond donors (Lipinski definition) is 2. The maximum Gasteiger partial charge on any atom is 0.235 e. The smallest absolute Gasteiger partial charge is 0.235 e. The second kappa shape index (κ2) is 6.89. The summed E-state index contributed by atoms with van der Waals surface area (Å²) >= 11 is 0. The van der Waals surface area contributed by atoms with Crippen LogP contribution in [0.3, 0.4) is 0 Å². The number of nitrogens with zero attached hydrogens (tertiary/aromatic N) is 4. The second-order valence-electron chi connectivity index (χ2n) is 6.35. The molecule has 136 valence electrons. The number of imidazole rings is 2. The highest BCUT2D eigenvalue weighted by molar-refractivity contribution is 5.96. The number of ether oxygens (including phenoxy) is 1. The van der Waals surface area contributed by atoms with Crippen molar-refractivity contribution < 1.29 is 9.53 Å². The molecule has 8 heteroatoms. The summed E-state index contributed by atoms with van der Waals surface area (Å²) in [4.78, 5) is 27.3. The molecule has 1 saturated heterocycles. The predicted molar refractivity (Wildman–Crippen MR) is 97.4 cm³/mol. The van der Waals surface area contributed by atoms with Gasteiger partial charge in [0, 0.05) is 44.6 Å². The number of carbonyl (C=O) groups is 1. The molecular formula is C18H22N6O2. The molecular weight excluding hydrogens is 332 g/mol. The SMILES string of the molecule is COc1ccc2nc(C)n(C(C(=O)c3ncc[nH]3)N3CCNCC3)c2c1. The molecule has 3 aromatic rings. The Balaban J connectivity index is 1.86. The number of ketones is 1. The Morgan fingerprint density at radius 1 is 1.31 bits per heavy atom. The van der Waals surface area contributed by atoms with Gasteiger partial charge in [0.25, 0.3) is 0 Å². The van der Waals surface area contributed by atoms with Crippen molar-refractivity contribution in [2.75, 3.05) is 33.3 Å². The highest BCUT2D eigenvalue weighted by atomic mass is 16.5. The summed E-state index contributed by atoms with van der Waals surface area (Å²) in [6, 6.07) is 5.73. The minimum atomic E-state index is -0.500. The molecule has 0 radical (unpaired) electrons. The summed E-state index contributed by atoms with van der Waals surface area (Å²) in [5.74, 6) is 1.82. The Kier molecular flexibility index (Phi) is 4.44. The molecule has 1 aliphatic heterocycles. The largest absolute Gasteiger partial charge is 0.497 e. The van der Waals surface area contributed by atoms with Gasteiger partial charge < -0.3 is 19.6 Å². The standard InChI is InChI=1S/C18H22N6O2/c1-12-22-14-4-3-13(26-2)11-15(14)24(12)18(23-9-7-19-8-10-23)16(25)17-20-5-6-21-17/h3-6,11,18-19H,7-10H2,1-2H3,(H,20,21). The van der Waals surface area contributed by atoms with E-state index in [1.807, 2.05) is 29.7 Å². The first-order chi connectivity index (χ1) is 12.7. The van der Waals surface area contributed by atoms with Crippen LogP contribution in [0.15, 0.2) is 30.6 Å². The van der Waals surface area contributed by atoms with Gasteiger partial charge in [0.15, 0.2) is 12.0 Å². The minimum Gasteiger partial charge on any atom is -0.497 e. The molecule has 4 rings (SSSR count). The zero-order valence-corrected chi connectivity index (χ0v) is 14.9. The van der Waals surface area contributed by atoms with E-state index in [1.54, 1.807) is 19.5 Å². The maximum absolute atomic E-state index is 13.3. The average molecular weight is 354 g/mol. The Morgan fingerprint density at radius 3 is 2.81 bits per heavy atom. The van der Waals surface area contributed by atoms with Crippen LogP contribution in [-0.4, -0.2) is 63.5 Å². The lowest BCUT2D eigenvalue weighted by atomic mass is 10.2. The van der Waals surface area contributed by atoms with Gasteiger partial charge in [0.2, 0.25) is 5.78 Å². The van der Waals surface area contributed by atoms with E-state index in [-0.39, 0.29) is 5.78 Å². The molecule has 3 heterocycles. The molecule has 1 fully saturated rings. The zero-order chi connectivity index (χ0) is 18.1. The first kappa shape index (κ1) is 16.7. The van der Waals surface area contributed by atoms with Crippen molar-refractivity contribution in [2.45, 2.75) is 13.1 Å². The van der Waals surface area contributed by atoms with Crippen LogP contribution >= 0.6 is 0 Å². The number of carbonyl (C=O) groups excluding carboxylic acids is 1. The quantitative estimate of drug-likeness (QED) is 0.673. The average Bonchev–Trinajstić information content (AvgIpc) is 3.31. The molecule has 0 aliphatic carbocycles. The molecule has 0 spiro atoms. The van der Waals surface area contributed by atoms with Crippen LogP contribution in [0.2, 0.25) is 0 Å². The maximum atomic E-state index is 13.3. The molecule has 1 aliphatic rings. The molecule has 1 aromatic carbocycles. The lowest BCUT2D eigenvalue weighted by Gasteiger charge is -2.35. The fourth-order valence-corrected chi connectivity index (χ4v) is 3.52. The fourth-order valence-electron chi connectivity index (χ4n) is 3.52. The molecule has 1 unspecified atom stereocenters. The normalized spacial score (nSPS) is 16.7. The van der Waals surface area contributed by atoms with Gasteiger partial charge in [0.05, 0.1) is 18.1 Å². The summed E-state index contributed by atoms with van der Waals surface area (Å²) < 4.78 is 7.37. The van der Waals surface area contributed by atoms with Crippen LogP contribution in [0.1, 0.15) is 22.6 Å². The second-order valence-corrected chi connectivity index (χ2v) is 6.35. The van der Waals surface area contributed by atoms with Crippen molar-refractivity contribution in [1.29, 1.82) is 0 Å². The van der Waals surface area contributed by atoms with E-state index < -0.39 is 6.17 Å². The van der Waals surface area contributed by atoms with Gasteiger partial charge in [-0.05, 0) is 19.1 Å². The number of nitrogens with one attached hydrogen (secondary N) is 2. The Hall–Kier alpha value is -2.71. The molecule has 0 saturated carbocycles. The first-order valence-electron chi connectivity index (χ1n) is 8.70. The number of benzene rings is 1. The van der Waals surface area contributed by atoms with Crippen molar-refractivity contribution >= 4 is 16.8 Å². The van der Waals surface area contributed by atoms with E-state index >= 15 is 0 Å². The number of fused-ring (bicyclic) bond motifs is 1. The molecule has 26 heavy (non-hydrogen) atoms.